The maximum absolute atomic E-state index is 12.3. The number of morpholine rings is 1. The van der Waals surface area contributed by atoms with E-state index in [9.17, 15) is 10.1 Å². The number of benzene rings is 1. The van der Waals surface area contributed by atoms with Crippen molar-refractivity contribution in [1.29, 1.82) is 5.26 Å². The molecule has 3 rings (SSSR count). The van der Waals surface area contributed by atoms with Gasteiger partial charge in [0.1, 0.15) is 11.6 Å². The number of carbonyl (C=O) groups excluding carboxylic acids is 1. The van der Waals surface area contributed by atoms with Crippen LogP contribution in [0.2, 0.25) is 0 Å². The van der Waals surface area contributed by atoms with Gasteiger partial charge in [0.25, 0.3) is 5.91 Å². The van der Waals surface area contributed by atoms with E-state index in [1.165, 1.54) is 6.20 Å². The SMILES string of the molecule is N#C/C(=C/Nc1ccccc1N1CCOCC1)C(=O)NCCN1CCNCC1. The highest BCUT2D eigenvalue weighted by Crippen LogP contribution is 2.26. The third-order valence-corrected chi connectivity index (χ3v) is 4.92. The summed E-state index contributed by atoms with van der Waals surface area (Å²) in [5, 5.41) is 18.6. The molecule has 1 aromatic carbocycles. The molecule has 150 valence electrons. The van der Waals surface area contributed by atoms with Crippen molar-refractivity contribution in [3.05, 3.63) is 36.0 Å². The molecular formula is C20H28N6O2. The Hall–Kier alpha value is -2.60. The summed E-state index contributed by atoms with van der Waals surface area (Å²) in [5.74, 6) is -0.353. The molecule has 2 saturated heterocycles. The molecule has 0 spiro atoms. The van der Waals surface area contributed by atoms with Gasteiger partial charge >= 0.3 is 0 Å². The van der Waals surface area contributed by atoms with E-state index in [2.05, 4.69) is 25.8 Å². The van der Waals surface area contributed by atoms with Crippen LogP contribution in [0, 0.1) is 11.3 Å². The number of anilines is 2. The molecular weight excluding hydrogens is 356 g/mol. The van der Waals surface area contributed by atoms with Gasteiger partial charge in [-0.25, -0.2) is 0 Å². The molecule has 0 radical (unpaired) electrons. The van der Waals surface area contributed by atoms with E-state index in [0.717, 1.165) is 57.2 Å². The number of amides is 1. The van der Waals surface area contributed by atoms with Crippen molar-refractivity contribution in [1.82, 2.24) is 15.5 Å². The van der Waals surface area contributed by atoms with Gasteiger partial charge in [0.2, 0.25) is 0 Å². The molecule has 2 aliphatic rings. The van der Waals surface area contributed by atoms with Gasteiger partial charge in [0.15, 0.2) is 0 Å². The summed E-state index contributed by atoms with van der Waals surface area (Å²) in [4.78, 5) is 16.9. The summed E-state index contributed by atoms with van der Waals surface area (Å²) >= 11 is 0. The normalized spacial score (nSPS) is 18.4. The summed E-state index contributed by atoms with van der Waals surface area (Å²) in [5.41, 5.74) is 1.97. The number of ether oxygens (including phenoxy) is 1. The third-order valence-electron chi connectivity index (χ3n) is 4.92. The molecule has 3 N–H and O–H groups in total. The van der Waals surface area contributed by atoms with E-state index in [1.54, 1.807) is 0 Å². The number of para-hydroxylation sites is 2. The van der Waals surface area contributed by atoms with Crippen molar-refractivity contribution >= 4 is 17.3 Å². The lowest BCUT2D eigenvalue weighted by molar-refractivity contribution is -0.117. The van der Waals surface area contributed by atoms with Gasteiger partial charge in [-0.15, -0.1) is 0 Å². The minimum atomic E-state index is -0.353. The van der Waals surface area contributed by atoms with Crippen LogP contribution in [-0.2, 0) is 9.53 Å². The van der Waals surface area contributed by atoms with Gasteiger partial charge in [-0.1, -0.05) is 12.1 Å². The molecule has 0 bridgehead atoms. The first-order valence-corrected chi connectivity index (χ1v) is 9.78. The van der Waals surface area contributed by atoms with Gasteiger partial charge in [-0.3, -0.25) is 9.69 Å². The smallest absolute Gasteiger partial charge is 0.263 e. The summed E-state index contributed by atoms with van der Waals surface area (Å²) in [6, 6.07) is 9.87. The molecule has 0 saturated carbocycles. The lowest BCUT2D eigenvalue weighted by atomic mass is 10.2. The largest absolute Gasteiger partial charge is 0.378 e. The van der Waals surface area contributed by atoms with Crippen molar-refractivity contribution in [3.8, 4) is 6.07 Å². The highest BCUT2D eigenvalue weighted by Gasteiger charge is 2.15. The van der Waals surface area contributed by atoms with Gasteiger partial charge in [-0.05, 0) is 12.1 Å². The second kappa shape index (κ2) is 10.7. The minimum Gasteiger partial charge on any atom is -0.378 e. The molecule has 1 amide bonds. The Kier molecular flexibility index (Phi) is 7.67. The standard InChI is InChI=1S/C20H28N6O2/c21-15-17(20(27)23-7-10-25-8-5-22-6-9-25)16-24-18-3-1-2-4-19(18)26-11-13-28-14-12-26/h1-4,16,22,24H,5-14H2,(H,23,27)/b17-16-. The summed E-state index contributed by atoms with van der Waals surface area (Å²) < 4.78 is 5.41. The van der Waals surface area contributed by atoms with Crippen molar-refractivity contribution in [3.63, 3.8) is 0 Å². The zero-order chi connectivity index (χ0) is 19.6. The highest BCUT2D eigenvalue weighted by molar-refractivity contribution is 5.97. The van der Waals surface area contributed by atoms with Crippen LogP contribution < -0.4 is 20.9 Å². The van der Waals surface area contributed by atoms with E-state index in [0.29, 0.717) is 19.8 Å². The van der Waals surface area contributed by atoms with Crippen LogP contribution in [0.3, 0.4) is 0 Å². The zero-order valence-electron chi connectivity index (χ0n) is 16.1. The van der Waals surface area contributed by atoms with Crippen LogP contribution in [0.1, 0.15) is 0 Å². The summed E-state index contributed by atoms with van der Waals surface area (Å²) in [7, 11) is 0. The molecule has 0 aromatic heterocycles. The van der Waals surface area contributed by atoms with Crippen molar-refractivity contribution in [2.24, 2.45) is 0 Å². The molecule has 2 fully saturated rings. The second-order valence-electron chi connectivity index (χ2n) is 6.78. The highest BCUT2D eigenvalue weighted by atomic mass is 16.5. The van der Waals surface area contributed by atoms with Crippen LogP contribution in [0.5, 0.6) is 0 Å². The maximum Gasteiger partial charge on any atom is 0.263 e. The van der Waals surface area contributed by atoms with Gasteiger partial charge in [0.05, 0.1) is 24.6 Å². The third kappa shape index (κ3) is 5.70. The van der Waals surface area contributed by atoms with Crippen molar-refractivity contribution in [2.75, 3.05) is 75.8 Å². The number of nitriles is 1. The Morgan fingerprint density at radius 2 is 1.96 bits per heavy atom. The molecule has 0 atom stereocenters. The molecule has 0 aliphatic carbocycles. The van der Waals surface area contributed by atoms with Crippen molar-refractivity contribution in [2.45, 2.75) is 0 Å². The number of nitrogens with one attached hydrogen (secondary N) is 3. The zero-order valence-corrected chi connectivity index (χ0v) is 16.1. The average molecular weight is 384 g/mol. The lowest BCUT2D eigenvalue weighted by Gasteiger charge is -2.30. The molecule has 0 unspecified atom stereocenters. The molecule has 1 aromatic rings. The van der Waals surface area contributed by atoms with Crippen LogP contribution >= 0.6 is 0 Å². The van der Waals surface area contributed by atoms with E-state index in [-0.39, 0.29) is 11.5 Å². The van der Waals surface area contributed by atoms with E-state index < -0.39 is 0 Å². The fourth-order valence-electron chi connectivity index (χ4n) is 3.33. The predicted molar refractivity (Wildman–Crippen MR) is 109 cm³/mol. The lowest BCUT2D eigenvalue weighted by Crippen LogP contribution is -2.46. The van der Waals surface area contributed by atoms with E-state index in [1.807, 2.05) is 30.3 Å². The van der Waals surface area contributed by atoms with Gasteiger partial charge < -0.3 is 25.6 Å². The maximum atomic E-state index is 12.3. The predicted octanol–water partition coefficient (Wildman–Crippen LogP) is 0.364. The quantitative estimate of drug-likeness (QED) is 0.462. The molecule has 28 heavy (non-hydrogen) atoms. The van der Waals surface area contributed by atoms with Gasteiger partial charge in [0, 0.05) is 58.6 Å². The van der Waals surface area contributed by atoms with Crippen LogP contribution in [0.4, 0.5) is 11.4 Å². The molecule has 2 aliphatic heterocycles. The van der Waals surface area contributed by atoms with Gasteiger partial charge in [-0.2, -0.15) is 5.26 Å². The molecule has 2 heterocycles. The van der Waals surface area contributed by atoms with Crippen molar-refractivity contribution < 1.29 is 9.53 Å². The number of rotatable bonds is 7. The summed E-state index contributed by atoms with van der Waals surface area (Å²) in [6.07, 6.45) is 1.49. The monoisotopic (exact) mass is 384 g/mol. The van der Waals surface area contributed by atoms with E-state index >= 15 is 0 Å². The van der Waals surface area contributed by atoms with Crippen LogP contribution in [0.15, 0.2) is 36.0 Å². The number of piperazine rings is 1. The number of carbonyl (C=O) groups is 1. The minimum absolute atomic E-state index is 0.0668. The second-order valence-corrected chi connectivity index (χ2v) is 6.78. The average Bonchev–Trinajstić information content (AvgIpc) is 2.76. The van der Waals surface area contributed by atoms with Crippen LogP contribution in [0.25, 0.3) is 0 Å². The van der Waals surface area contributed by atoms with Crippen LogP contribution in [-0.4, -0.2) is 76.4 Å². The first kappa shape index (κ1) is 20.1. The fourth-order valence-corrected chi connectivity index (χ4v) is 3.33. The number of hydrogen-bond acceptors (Lipinski definition) is 7. The fraction of sp³-hybridized carbons (Fsp3) is 0.500. The number of hydrogen-bond donors (Lipinski definition) is 3. The Morgan fingerprint density at radius 3 is 2.71 bits per heavy atom. The Labute approximate surface area is 166 Å². The summed E-state index contributed by atoms with van der Waals surface area (Å²) in [6.45, 7) is 8.27. The topological polar surface area (TPSA) is 92.7 Å². The first-order chi connectivity index (χ1) is 13.8. The number of nitrogens with zero attached hydrogens (tertiary/aromatic N) is 3. The first-order valence-electron chi connectivity index (χ1n) is 9.78. The Morgan fingerprint density at radius 1 is 1.21 bits per heavy atom. The Bertz CT molecular complexity index is 718. The molecule has 8 nitrogen and oxygen atoms in total. The Balaban J connectivity index is 1.55. The van der Waals surface area contributed by atoms with E-state index in [4.69, 9.17) is 4.74 Å². The molecule has 8 heteroatoms.